The summed E-state index contributed by atoms with van der Waals surface area (Å²) in [6.07, 6.45) is 8.47. The minimum absolute atomic E-state index is 0.0260. The van der Waals surface area contributed by atoms with Gasteiger partial charge in [0.1, 0.15) is 0 Å². The number of benzene rings is 1. The number of aryl methyl sites for hydroxylation is 3. The number of nitrogens with two attached hydrogens (primary N) is 1. The first kappa shape index (κ1) is 18.6. The quantitative estimate of drug-likeness (QED) is 0.464. The summed E-state index contributed by atoms with van der Waals surface area (Å²) in [4.78, 5) is 0.0260. The summed E-state index contributed by atoms with van der Waals surface area (Å²) in [5, 5.41) is 9.66. The Balaban J connectivity index is 0.000000238. The standard InChI is InChI=1S/C9H12O3S.C7H7N3/c1-6-4-7(2)9(8(3)5-6)13(10,11)12;8-5-4-7-3-1-2-6-10(7)9/h4-5H,1-3H3,(H,10,11,12);1-4,6H,9H2. The molecule has 7 heteroatoms. The van der Waals surface area contributed by atoms with Crippen molar-refractivity contribution in [3.05, 3.63) is 65.0 Å². The molecule has 1 heterocycles. The van der Waals surface area contributed by atoms with E-state index in [9.17, 15) is 8.42 Å². The number of nitrogens with zero attached hydrogens (tertiary/aromatic N) is 2. The number of nitriles is 1. The Kier molecular flexibility index (Phi) is 6.28. The lowest BCUT2D eigenvalue weighted by atomic mass is 10.1. The number of hydrogen-bond donors (Lipinski definition) is 2. The summed E-state index contributed by atoms with van der Waals surface area (Å²) in [5.41, 5.74) is 2.85. The third-order valence-electron chi connectivity index (χ3n) is 3.00. The van der Waals surface area contributed by atoms with E-state index in [1.807, 2.05) is 19.1 Å². The zero-order valence-corrected chi connectivity index (χ0v) is 14.0. The molecule has 3 N–H and O–H groups in total. The van der Waals surface area contributed by atoms with Crippen LogP contribution in [0.15, 0.2) is 53.2 Å². The van der Waals surface area contributed by atoms with Gasteiger partial charge in [0.15, 0.2) is 0 Å². The molecule has 0 saturated heterocycles. The molecule has 0 aliphatic carbocycles. The molecule has 1 aromatic rings. The summed E-state index contributed by atoms with van der Waals surface area (Å²) in [7, 11) is -4.08. The van der Waals surface area contributed by atoms with Crippen LogP contribution in [0, 0.1) is 32.1 Å². The number of allylic oxidation sites excluding steroid dienone is 4. The lowest BCUT2D eigenvalue weighted by Crippen LogP contribution is -2.24. The molecule has 2 rings (SSSR count). The van der Waals surface area contributed by atoms with Gasteiger partial charge in [-0.25, -0.2) is 5.84 Å². The molecule has 0 amide bonds. The molecule has 6 nitrogen and oxygen atoms in total. The van der Waals surface area contributed by atoms with E-state index in [2.05, 4.69) is 0 Å². The second-order valence-corrected chi connectivity index (χ2v) is 6.37. The van der Waals surface area contributed by atoms with Crippen molar-refractivity contribution in [2.75, 3.05) is 0 Å². The normalized spacial score (nSPS) is 15.1. The van der Waals surface area contributed by atoms with Gasteiger partial charge in [0.25, 0.3) is 10.1 Å². The summed E-state index contributed by atoms with van der Waals surface area (Å²) in [5.74, 6) is 5.44. The van der Waals surface area contributed by atoms with Gasteiger partial charge in [-0.3, -0.25) is 9.56 Å². The van der Waals surface area contributed by atoms with Crippen LogP contribution < -0.4 is 5.84 Å². The monoisotopic (exact) mass is 333 g/mol. The van der Waals surface area contributed by atoms with Gasteiger partial charge in [0, 0.05) is 12.3 Å². The third kappa shape index (κ3) is 5.38. The minimum Gasteiger partial charge on any atom is -0.286 e. The average molecular weight is 333 g/mol. The van der Waals surface area contributed by atoms with E-state index in [1.165, 1.54) is 11.1 Å². The Morgan fingerprint density at radius 2 is 1.78 bits per heavy atom. The highest BCUT2D eigenvalue weighted by atomic mass is 32.2. The molecule has 0 atom stereocenters. The first-order valence-corrected chi connectivity index (χ1v) is 8.14. The molecule has 0 spiro atoms. The Morgan fingerprint density at radius 3 is 2.22 bits per heavy atom. The van der Waals surface area contributed by atoms with Crippen LogP contribution in [0.3, 0.4) is 0 Å². The zero-order chi connectivity index (χ0) is 17.6. The van der Waals surface area contributed by atoms with Crippen molar-refractivity contribution < 1.29 is 13.0 Å². The second kappa shape index (κ2) is 7.74. The molecular formula is C16H19N3O3S. The molecule has 1 aliphatic heterocycles. The molecule has 23 heavy (non-hydrogen) atoms. The van der Waals surface area contributed by atoms with Gasteiger partial charge in [0.05, 0.1) is 16.7 Å². The maximum absolute atomic E-state index is 10.9. The Hall–Kier alpha value is -2.40. The summed E-state index contributed by atoms with van der Waals surface area (Å²) in [6.45, 7) is 5.22. The van der Waals surface area contributed by atoms with Crippen molar-refractivity contribution in [3.8, 4) is 6.07 Å². The van der Waals surface area contributed by atoms with Crippen molar-refractivity contribution in [2.24, 2.45) is 5.84 Å². The molecule has 0 saturated carbocycles. The molecule has 1 aliphatic rings. The Bertz CT molecular complexity index is 792. The van der Waals surface area contributed by atoms with Crippen LogP contribution in [0.25, 0.3) is 0 Å². The highest BCUT2D eigenvalue weighted by Crippen LogP contribution is 2.20. The lowest BCUT2D eigenvalue weighted by Gasteiger charge is -2.15. The van der Waals surface area contributed by atoms with Gasteiger partial charge >= 0.3 is 0 Å². The summed E-state index contributed by atoms with van der Waals surface area (Å²) < 4.78 is 30.8. The van der Waals surface area contributed by atoms with E-state index in [0.717, 1.165) is 5.56 Å². The summed E-state index contributed by atoms with van der Waals surface area (Å²) in [6, 6.07) is 5.36. The van der Waals surface area contributed by atoms with Crippen LogP contribution in [0.5, 0.6) is 0 Å². The molecule has 0 bridgehead atoms. The van der Waals surface area contributed by atoms with Gasteiger partial charge in [-0.2, -0.15) is 13.7 Å². The van der Waals surface area contributed by atoms with Crippen molar-refractivity contribution in [1.82, 2.24) is 5.01 Å². The van der Waals surface area contributed by atoms with Crippen molar-refractivity contribution in [1.29, 1.82) is 5.26 Å². The fraction of sp³-hybridized carbons (Fsp3) is 0.188. The summed E-state index contributed by atoms with van der Waals surface area (Å²) >= 11 is 0. The van der Waals surface area contributed by atoms with Crippen molar-refractivity contribution >= 4 is 10.1 Å². The molecule has 0 unspecified atom stereocenters. The highest BCUT2D eigenvalue weighted by Gasteiger charge is 2.15. The topological polar surface area (TPSA) is 107 Å². The minimum atomic E-state index is -4.08. The highest BCUT2D eigenvalue weighted by molar-refractivity contribution is 7.86. The van der Waals surface area contributed by atoms with E-state index < -0.39 is 10.1 Å². The maximum atomic E-state index is 10.9. The average Bonchev–Trinajstić information content (AvgIpc) is 2.39. The molecule has 0 radical (unpaired) electrons. The van der Waals surface area contributed by atoms with Crippen LogP contribution in [0.2, 0.25) is 0 Å². The van der Waals surface area contributed by atoms with E-state index in [0.29, 0.717) is 16.8 Å². The van der Waals surface area contributed by atoms with E-state index in [1.54, 1.807) is 44.3 Å². The fourth-order valence-corrected chi connectivity index (χ4v) is 3.16. The lowest BCUT2D eigenvalue weighted by molar-refractivity contribution is 0.482. The fourth-order valence-electron chi connectivity index (χ4n) is 2.23. The molecule has 0 aromatic heterocycles. The Labute approximate surface area is 136 Å². The van der Waals surface area contributed by atoms with Crippen LogP contribution in [0.4, 0.5) is 0 Å². The van der Waals surface area contributed by atoms with Gasteiger partial charge < -0.3 is 0 Å². The number of hydrazine groups is 1. The molecule has 1 aromatic carbocycles. The second-order valence-electron chi connectivity index (χ2n) is 5.01. The van der Waals surface area contributed by atoms with E-state index >= 15 is 0 Å². The smallest absolute Gasteiger partial charge is 0.286 e. The first-order chi connectivity index (χ1) is 10.7. The molecule has 0 fully saturated rings. The van der Waals surface area contributed by atoms with Crippen molar-refractivity contribution in [3.63, 3.8) is 0 Å². The van der Waals surface area contributed by atoms with Crippen LogP contribution in [0.1, 0.15) is 16.7 Å². The van der Waals surface area contributed by atoms with Crippen molar-refractivity contribution in [2.45, 2.75) is 25.7 Å². The Morgan fingerprint density at radius 1 is 1.22 bits per heavy atom. The van der Waals surface area contributed by atoms with Gasteiger partial charge in [-0.15, -0.1) is 0 Å². The van der Waals surface area contributed by atoms with Crippen LogP contribution >= 0.6 is 0 Å². The first-order valence-electron chi connectivity index (χ1n) is 6.70. The largest absolute Gasteiger partial charge is 0.295 e. The third-order valence-corrected chi connectivity index (χ3v) is 4.16. The van der Waals surface area contributed by atoms with Gasteiger partial charge in [-0.05, 0) is 44.1 Å². The number of hydrogen-bond acceptors (Lipinski definition) is 5. The molecular weight excluding hydrogens is 314 g/mol. The predicted octanol–water partition coefficient (Wildman–Crippen LogP) is 2.51. The number of rotatable bonds is 1. The SMILES string of the molecule is Cc1cc(C)c(S(=O)(=O)O)c(C)c1.N#CC=C1C=CC=CN1N. The predicted molar refractivity (Wildman–Crippen MR) is 88.5 cm³/mol. The maximum Gasteiger partial charge on any atom is 0.295 e. The van der Waals surface area contributed by atoms with Gasteiger partial charge in [-0.1, -0.05) is 23.8 Å². The zero-order valence-electron chi connectivity index (χ0n) is 13.2. The van der Waals surface area contributed by atoms with Crippen LogP contribution in [-0.2, 0) is 10.1 Å². The van der Waals surface area contributed by atoms with E-state index in [4.69, 9.17) is 15.7 Å². The van der Waals surface area contributed by atoms with Gasteiger partial charge in [0.2, 0.25) is 0 Å². The van der Waals surface area contributed by atoms with Crippen LogP contribution in [-0.4, -0.2) is 18.0 Å². The van der Waals surface area contributed by atoms with E-state index in [-0.39, 0.29) is 4.90 Å². The molecule has 122 valence electrons.